The van der Waals surface area contributed by atoms with Gasteiger partial charge in [0.05, 0.1) is 22.9 Å². The minimum absolute atomic E-state index is 0.00364. The molecule has 1 fully saturated rings. The number of anilines is 2. The van der Waals surface area contributed by atoms with E-state index in [-0.39, 0.29) is 11.7 Å². The summed E-state index contributed by atoms with van der Waals surface area (Å²) < 4.78 is 31.9. The highest BCUT2D eigenvalue weighted by atomic mass is 32.2. The number of non-ortho nitro benzene ring substituents is 1. The van der Waals surface area contributed by atoms with E-state index in [2.05, 4.69) is 15.0 Å². The standard InChI is InChI=1S/C25H21N5O5S2/c1-37(33,34)28-17-7-11-18(12-8-17)29-24(23(27-25(29)36)20-4-2-3-15-26-20)22-14-13-21(35-22)16-5-9-19(10-6-16)30(31)32/h2-15,23-24,28H,1H3,(H,27,36)/t23-,24-/m1/s1. The molecule has 37 heavy (non-hydrogen) atoms. The fourth-order valence-electron chi connectivity index (χ4n) is 4.24. The third-order valence-corrected chi connectivity index (χ3v) is 6.75. The first-order valence-electron chi connectivity index (χ1n) is 11.1. The Morgan fingerprint density at radius 1 is 1.05 bits per heavy atom. The minimum Gasteiger partial charge on any atom is -0.459 e. The molecule has 2 aromatic heterocycles. The van der Waals surface area contributed by atoms with Gasteiger partial charge in [-0.15, -0.1) is 0 Å². The van der Waals surface area contributed by atoms with E-state index >= 15 is 0 Å². The maximum atomic E-state index is 11.6. The third kappa shape index (κ3) is 5.15. The van der Waals surface area contributed by atoms with Crippen molar-refractivity contribution in [3.8, 4) is 11.3 Å². The molecule has 2 atom stereocenters. The Labute approximate surface area is 218 Å². The molecule has 4 aromatic rings. The monoisotopic (exact) mass is 535 g/mol. The quantitative estimate of drug-likeness (QED) is 0.195. The molecule has 1 aliphatic heterocycles. The van der Waals surface area contributed by atoms with Crippen molar-refractivity contribution in [2.75, 3.05) is 15.9 Å². The van der Waals surface area contributed by atoms with Crippen LogP contribution in [0.5, 0.6) is 0 Å². The van der Waals surface area contributed by atoms with Crippen LogP contribution in [0.1, 0.15) is 23.5 Å². The van der Waals surface area contributed by atoms with Crippen molar-refractivity contribution >= 4 is 44.4 Å². The molecule has 1 saturated heterocycles. The average Bonchev–Trinajstić information content (AvgIpc) is 3.49. The molecule has 10 nitrogen and oxygen atoms in total. The second-order valence-corrected chi connectivity index (χ2v) is 10.6. The summed E-state index contributed by atoms with van der Waals surface area (Å²) >= 11 is 5.71. The van der Waals surface area contributed by atoms with Gasteiger partial charge in [0.15, 0.2) is 5.11 Å². The molecule has 5 rings (SSSR count). The molecular weight excluding hydrogens is 514 g/mol. The molecule has 0 radical (unpaired) electrons. The normalized spacial score (nSPS) is 17.4. The van der Waals surface area contributed by atoms with Gasteiger partial charge in [-0.25, -0.2) is 8.42 Å². The van der Waals surface area contributed by atoms with E-state index in [4.69, 9.17) is 16.6 Å². The number of nitro benzene ring substituents is 1. The van der Waals surface area contributed by atoms with Crippen molar-refractivity contribution in [2.45, 2.75) is 12.1 Å². The molecule has 2 N–H and O–H groups in total. The Balaban J connectivity index is 1.53. The lowest BCUT2D eigenvalue weighted by Crippen LogP contribution is -2.29. The molecule has 0 unspecified atom stereocenters. The zero-order valence-electron chi connectivity index (χ0n) is 19.4. The first kappa shape index (κ1) is 24.4. The number of hydrogen-bond donors (Lipinski definition) is 2. The zero-order valence-corrected chi connectivity index (χ0v) is 21.1. The van der Waals surface area contributed by atoms with Crippen LogP contribution in [0.3, 0.4) is 0 Å². The molecule has 0 saturated carbocycles. The molecular formula is C25H21N5O5S2. The third-order valence-electron chi connectivity index (χ3n) is 5.83. The summed E-state index contributed by atoms with van der Waals surface area (Å²) in [5.41, 5.74) is 2.62. The van der Waals surface area contributed by atoms with E-state index in [9.17, 15) is 18.5 Å². The lowest BCUT2D eigenvalue weighted by Gasteiger charge is -2.26. The summed E-state index contributed by atoms with van der Waals surface area (Å²) in [5, 5.41) is 14.8. The molecule has 0 spiro atoms. The van der Waals surface area contributed by atoms with E-state index in [0.717, 1.165) is 17.6 Å². The average molecular weight is 536 g/mol. The van der Waals surface area contributed by atoms with Gasteiger partial charge in [0.2, 0.25) is 10.0 Å². The largest absolute Gasteiger partial charge is 0.459 e. The van der Waals surface area contributed by atoms with Crippen LogP contribution < -0.4 is 14.9 Å². The van der Waals surface area contributed by atoms with Gasteiger partial charge in [-0.2, -0.15) is 0 Å². The number of hydrogen-bond acceptors (Lipinski definition) is 7. The van der Waals surface area contributed by atoms with Crippen molar-refractivity contribution in [1.29, 1.82) is 0 Å². The highest BCUT2D eigenvalue weighted by Crippen LogP contribution is 2.43. The van der Waals surface area contributed by atoms with E-state index in [1.165, 1.54) is 12.1 Å². The van der Waals surface area contributed by atoms with Crippen LogP contribution in [0.25, 0.3) is 11.3 Å². The predicted octanol–water partition coefficient (Wildman–Crippen LogP) is 4.80. The Kier molecular flexibility index (Phi) is 6.36. The lowest BCUT2D eigenvalue weighted by atomic mass is 10.0. The Bertz CT molecular complexity index is 1560. The van der Waals surface area contributed by atoms with Crippen LogP contribution in [-0.4, -0.2) is 29.7 Å². The topological polar surface area (TPSA) is 131 Å². The van der Waals surface area contributed by atoms with Crippen molar-refractivity contribution < 1.29 is 17.8 Å². The summed E-state index contributed by atoms with van der Waals surface area (Å²) in [6.07, 6.45) is 2.79. The fourth-order valence-corrected chi connectivity index (χ4v) is 5.15. The number of pyridine rings is 1. The Morgan fingerprint density at radius 3 is 2.41 bits per heavy atom. The smallest absolute Gasteiger partial charge is 0.269 e. The molecule has 0 aliphatic carbocycles. The summed E-state index contributed by atoms with van der Waals surface area (Å²) in [4.78, 5) is 17.0. The van der Waals surface area contributed by atoms with Gasteiger partial charge in [0.25, 0.3) is 5.69 Å². The lowest BCUT2D eigenvalue weighted by molar-refractivity contribution is -0.384. The summed E-state index contributed by atoms with van der Waals surface area (Å²) in [7, 11) is -3.41. The first-order chi connectivity index (χ1) is 17.7. The van der Waals surface area contributed by atoms with E-state index in [1.807, 2.05) is 35.2 Å². The highest BCUT2D eigenvalue weighted by Gasteiger charge is 2.42. The number of nitrogens with zero attached hydrogens (tertiary/aromatic N) is 3. The van der Waals surface area contributed by atoms with Crippen LogP contribution >= 0.6 is 12.2 Å². The van der Waals surface area contributed by atoms with Gasteiger partial charge in [-0.3, -0.25) is 19.8 Å². The molecule has 0 amide bonds. The van der Waals surface area contributed by atoms with Crippen LogP contribution in [0.4, 0.5) is 17.1 Å². The second-order valence-electron chi connectivity index (χ2n) is 8.42. The maximum Gasteiger partial charge on any atom is 0.269 e. The van der Waals surface area contributed by atoms with Gasteiger partial charge in [0.1, 0.15) is 17.6 Å². The van der Waals surface area contributed by atoms with Gasteiger partial charge in [0, 0.05) is 35.3 Å². The van der Waals surface area contributed by atoms with Crippen molar-refractivity contribution in [3.63, 3.8) is 0 Å². The number of furan rings is 1. The van der Waals surface area contributed by atoms with Crippen molar-refractivity contribution in [2.24, 2.45) is 0 Å². The second kappa shape index (κ2) is 9.64. The van der Waals surface area contributed by atoms with E-state index in [0.29, 0.717) is 27.9 Å². The molecule has 0 bridgehead atoms. The van der Waals surface area contributed by atoms with Gasteiger partial charge < -0.3 is 14.6 Å². The van der Waals surface area contributed by atoms with E-state index < -0.39 is 21.0 Å². The number of nitrogens with one attached hydrogen (secondary N) is 2. The Hall–Kier alpha value is -4.29. The number of rotatable bonds is 7. The van der Waals surface area contributed by atoms with E-state index in [1.54, 1.807) is 42.6 Å². The summed E-state index contributed by atoms with van der Waals surface area (Å²) in [6.45, 7) is 0. The molecule has 2 aromatic carbocycles. The summed E-state index contributed by atoms with van der Waals surface area (Å²) in [5.74, 6) is 1.16. The fraction of sp³-hybridized carbons (Fsp3) is 0.120. The summed E-state index contributed by atoms with van der Waals surface area (Å²) in [6, 6.07) is 21.5. The van der Waals surface area contributed by atoms with Crippen LogP contribution in [-0.2, 0) is 10.0 Å². The SMILES string of the molecule is CS(=O)(=O)Nc1ccc(N2C(=S)N[C@H](c3ccccn3)[C@H]2c2ccc(-c3ccc([N+](=O)[O-])cc3)o2)cc1. The van der Waals surface area contributed by atoms with Gasteiger partial charge in [-0.1, -0.05) is 6.07 Å². The number of aromatic nitrogens is 1. The Morgan fingerprint density at radius 2 is 1.78 bits per heavy atom. The molecule has 12 heteroatoms. The predicted molar refractivity (Wildman–Crippen MR) is 144 cm³/mol. The van der Waals surface area contributed by atoms with Crippen molar-refractivity contribution in [3.05, 3.63) is 107 Å². The number of thiocarbonyl (C=S) groups is 1. The van der Waals surface area contributed by atoms with Crippen molar-refractivity contribution in [1.82, 2.24) is 10.3 Å². The molecule has 188 valence electrons. The zero-order chi connectivity index (χ0) is 26.2. The number of sulfonamides is 1. The van der Waals surface area contributed by atoms with Crippen LogP contribution in [0, 0.1) is 10.1 Å². The number of benzene rings is 2. The highest BCUT2D eigenvalue weighted by molar-refractivity contribution is 7.92. The van der Waals surface area contributed by atoms with Crippen LogP contribution in [0.2, 0.25) is 0 Å². The molecule has 1 aliphatic rings. The van der Waals surface area contributed by atoms with Gasteiger partial charge in [-0.05, 0) is 72.9 Å². The minimum atomic E-state index is -3.41. The van der Waals surface area contributed by atoms with Crippen LogP contribution in [0.15, 0.2) is 89.5 Å². The molecule has 3 heterocycles. The first-order valence-corrected chi connectivity index (χ1v) is 13.4. The van der Waals surface area contributed by atoms with Gasteiger partial charge >= 0.3 is 0 Å². The maximum absolute atomic E-state index is 11.6. The number of nitro groups is 1.